The van der Waals surface area contributed by atoms with Crippen LogP contribution in [0.4, 0.5) is 24.5 Å². The van der Waals surface area contributed by atoms with E-state index < -0.39 is 11.7 Å². The summed E-state index contributed by atoms with van der Waals surface area (Å²) < 4.78 is 39.3. The Balaban J connectivity index is 1.51. The van der Waals surface area contributed by atoms with Crippen LogP contribution in [0.5, 0.6) is 0 Å². The quantitative estimate of drug-likeness (QED) is 0.791. The molecule has 1 aliphatic heterocycles. The van der Waals surface area contributed by atoms with E-state index in [1.54, 1.807) is 6.07 Å². The van der Waals surface area contributed by atoms with Crippen LogP contribution in [0.25, 0.3) is 0 Å². The van der Waals surface area contributed by atoms with Gasteiger partial charge in [-0.15, -0.1) is 0 Å². The Kier molecular flexibility index (Phi) is 6.39. The maximum atomic E-state index is 13.1. The van der Waals surface area contributed by atoms with Gasteiger partial charge in [0.15, 0.2) is 0 Å². The first kappa shape index (κ1) is 20.7. The molecular weight excluding hydrogens is 381 g/mol. The minimum absolute atomic E-state index is 0.0115. The molecule has 3 rings (SSSR count). The highest BCUT2D eigenvalue weighted by Crippen LogP contribution is 2.34. The van der Waals surface area contributed by atoms with Gasteiger partial charge in [0.1, 0.15) is 0 Å². The molecule has 0 saturated carbocycles. The van der Waals surface area contributed by atoms with E-state index in [2.05, 4.69) is 10.6 Å². The number of amides is 1. The molecule has 0 radical (unpaired) electrons. The van der Waals surface area contributed by atoms with Crippen molar-refractivity contribution in [1.29, 1.82) is 5.26 Å². The third-order valence-electron chi connectivity index (χ3n) is 4.83. The monoisotopic (exact) mass is 402 g/mol. The van der Waals surface area contributed by atoms with Crippen molar-refractivity contribution in [3.8, 4) is 6.07 Å². The fraction of sp³-hybridized carbons (Fsp3) is 0.333. The minimum Gasteiger partial charge on any atom is -0.382 e. The second-order valence-electron chi connectivity index (χ2n) is 6.98. The van der Waals surface area contributed by atoms with Crippen molar-refractivity contribution < 1.29 is 18.0 Å². The topological polar surface area (TPSA) is 68.2 Å². The summed E-state index contributed by atoms with van der Waals surface area (Å²) in [5.41, 5.74) is -0.228. The van der Waals surface area contributed by atoms with Crippen LogP contribution >= 0.6 is 0 Å². The van der Waals surface area contributed by atoms with Crippen molar-refractivity contribution in [3.05, 3.63) is 59.7 Å². The van der Waals surface area contributed by atoms with Crippen LogP contribution in [0.2, 0.25) is 0 Å². The van der Waals surface area contributed by atoms with Gasteiger partial charge in [-0.1, -0.05) is 18.2 Å². The molecule has 0 spiro atoms. The van der Waals surface area contributed by atoms with Gasteiger partial charge in [0.25, 0.3) is 0 Å². The lowest BCUT2D eigenvalue weighted by molar-refractivity contribution is -0.137. The van der Waals surface area contributed by atoms with Crippen molar-refractivity contribution >= 4 is 17.3 Å². The Hall–Kier alpha value is -3.05. The zero-order valence-electron chi connectivity index (χ0n) is 15.7. The van der Waals surface area contributed by atoms with Gasteiger partial charge in [0.2, 0.25) is 5.91 Å². The van der Waals surface area contributed by atoms with Crippen molar-refractivity contribution in [2.75, 3.05) is 30.3 Å². The number of carbonyl (C=O) groups excluding carboxylic acids is 1. The number of anilines is 2. The molecule has 0 atom stereocenters. The summed E-state index contributed by atoms with van der Waals surface area (Å²) >= 11 is 0. The number of nitrogens with one attached hydrogen (secondary N) is 2. The molecule has 0 aliphatic carbocycles. The number of para-hydroxylation sites is 1. The lowest BCUT2D eigenvalue weighted by Crippen LogP contribution is -2.42. The zero-order chi connectivity index (χ0) is 20.9. The Bertz CT molecular complexity index is 885. The predicted molar refractivity (Wildman–Crippen MR) is 104 cm³/mol. The van der Waals surface area contributed by atoms with Crippen LogP contribution < -0.4 is 10.6 Å². The first-order valence-corrected chi connectivity index (χ1v) is 9.30. The second kappa shape index (κ2) is 8.97. The van der Waals surface area contributed by atoms with E-state index in [1.165, 1.54) is 12.1 Å². The molecule has 1 amide bonds. The van der Waals surface area contributed by atoms with Crippen LogP contribution in [0.1, 0.15) is 24.0 Å². The molecule has 2 N–H and O–H groups in total. The van der Waals surface area contributed by atoms with E-state index in [9.17, 15) is 18.0 Å². The number of likely N-dealkylation sites (tertiary alicyclic amines) is 1. The molecule has 152 valence electrons. The van der Waals surface area contributed by atoms with Gasteiger partial charge in [0, 0.05) is 30.5 Å². The lowest BCUT2D eigenvalue weighted by Gasteiger charge is -2.32. The fourth-order valence-corrected chi connectivity index (χ4v) is 3.36. The molecular formula is C21H21F3N4O. The Labute approximate surface area is 167 Å². The number of hydrogen-bond acceptors (Lipinski definition) is 4. The molecule has 1 aliphatic rings. The molecule has 2 aromatic carbocycles. The standard InChI is InChI=1S/C21H21F3N4O/c22-21(23,24)19-12-18(7-6-15(19)13-25)26-17-8-10-28(11-9-17)14-20(29)27-16-4-2-1-3-5-16/h1-7,12,17,26H,8-11,14H2,(H,27,29). The number of nitriles is 1. The molecule has 1 fully saturated rings. The summed E-state index contributed by atoms with van der Waals surface area (Å²) in [6.07, 6.45) is -3.15. The number of nitrogens with zero attached hydrogens (tertiary/aromatic N) is 2. The SMILES string of the molecule is N#Cc1ccc(NC2CCN(CC(=O)Nc3ccccc3)CC2)cc1C(F)(F)F. The highest BCUT2D eigenvalue weighted by Gasteiger charge is 2.34. The number of benzene rings is 2. The van der Waals surface area contributed by atoms with Crippen LogP contribution in [0.15, 0.2) is 48.5 Å². The lowest BCUT2D eigenvalue weighted by atomic mass is 10.0. The molecule has 0 bridgehead atoms. The molecule has 8 heteroatoms. The molecule has 29 heavy (non-hydrogen) atoms. The van der Waals surface area contributed by atoms with E-state index in [-0.39, 0.29) is 24.1 Å². The highest BCUT2D eigenvalue weighted by molar-refractivity contribution is 5.92. The van der Waals surface area contributed by atoms with Crippen LogP contribution in [0, 0.1) is 11.3 Å². The van der Waals surface area contributed by atoms with Crippen molar-refractivity contribution in [3.63, 3.8) is 0 Å². The molecule has 0 unspecified atom stereocenters. The number of carbonyl (C=O) groups is 1. The number of halogens is 3. The second-order valence-corrected chi connectivity index (χ2v) is 6.98. The highest BCUT2D eigenvalue weighted by atomic mass is 19.4. The van der Waals surface area contributed by atoms with Crippen molar-refractivity contribution in [1.82, 2.24) is 4.90 Å². The summed E-state index contributed by atoms with van der Waals surface area (Å²) in [6.45, 7) is 1.61. The van der Waals surface area contributed by atoms with Crippen molar-refractivity contribution in [2.24, 2.45) is 0 Å². The number of rotatable bonds is 5. The van der Waals surface area contributed by atoms with Gasteiger partial charge in [-0.2, -0.15) is 18.4 Å². The number of piperidine rings is 1. The Morgan fingerprint density at radius 2 is 1.79 bits per heavy atom. The maximum Gasteiger partial charge on any atom is 0.417 e. The smallest absolute Gasteiger partial charge is 0.382 e. The maximum absolute atomic E-state index is 13.1. The van der Waals surface area contributed by atoms with Crippen LogP contribution in [-0.4, -0.2) is 36.5 Å². The molecule has 0 aromatic heterocycles. The average Bonchev–Trinajstić information content (AvgIpc) is 2.69. The van der Waals surface area contributed by atoms with E-state index >= 15 is 0 Å². The molecule has 5 nitrogen and oxygen atoms in total. The Morgan fingerprint density at radius 1 is 1.10 bits per heavy atom. The van der Waals surface area contributed by atoms with Gasteiger partial charge < -0.3 is 10.6 Å². The molecule has 2 aromatic rings. The van der Waals surface area contributed by atoms with E-state index in [0.29, 0.717) is 31.6 Å². The van der Waals surface area contributed by atoms with Crippen molar-refractivity contribution in [2.45, 2.75) is 25.1 Å². The minimum atomic E-state index is -4.57. The fourth-order valence-electron chi connectivity index (χ4n) is 3.36. The van der Waals surface area contributed by atoms with E-state index in [1.807, 2.05) is 35.2 Å². The molecule has 1 saturated heterocycles. The van der Waals surface area contributed by atoms with Gasteiger partial charge in [-0.05, 0) is 43.2 Å². The van der Waals surface area contributed by atoms with Crippen LogP contribution in [-0.2, 0) is 11.0 Å². The van der Waals surface area contributed by atoms with E-state index in [4.69, 9.17) is 5.26 Å². The Morgan fingerprint density at radius 3 is 2.41 bits per heavy atom. The first-order valence-electron chi connectivity index (χ1n) is 9.30. The van der Waals surface area contributed by atoms with Gasteiger partial charge in [-0.3, -0.25) is 9.69 Å². The third kappa shape index (κ3) is 5.72. The summed E-state index contributed by atoms with van der Waals surface area (Å²) in [7, 11) is 0. The van der Waals surface area contributed by atoms with Gasteiger partial charge >= 0.3 is 6.18 Å². The summed E-state index contributed by atoms with van der Waals surface area (Å²) in [5.74, 6) is -0.0930. The molecule has 1 heterocycles. The largest absolute Gasteiger partial charge is 0.417 e. The van der Waals surface area contributed by atoms with E-state index in [0.717, 1.165) is 11.8 Å². The summed E-state index contributed by atoms with van der Waals surface area (Å²) in [4.78, 5) is 14.2. The summed E-state index contributed by atoms with van der Waals surface area (Å²) in [6, 6.07) is 14.5. The van der Waals surface area contributed by atoms with Crippen LogP contribution in [0.3, 0.4) is 0 Å². The zero-order valence-corrected chi connectivity index (χ0v) is 15.7. The first-order chi connectivity index (χ1) is 13.8. The number of alkyl halides is 3. The third-order valence-corrected chi connectivity index (χ3v) is 4.83. The van der Waals surface area contributed by atoms with Gasteiger partial charge in [0.05, 0.1) is 23.7 Å². The normalized spacial score (nSPS) is 15.5. The predicted octanol–water partition coefficient (Wildman–Crippen LogP) is 4.09. The van der Waals surface area contributed by atoms with Gasteiger partial charge in [-0.25, -0.2) is 0 Å². The average molecular weight is 402 g/mol. The summed E-state index contributed by atoms with van der Waals surface area (Å²) in [5, 5.41) is 14.8. The number of hydrogen-bond donors (Lipinski definition) is 2.